The smallest absolute Gasteiger partial charge is 0.269 e. The van der Waals surface area contributed by atoms with Gasteiger partial charge in [0.15, 0.2) is 11.3 Å². The predicted octanol–water partition coefficient (Wildman–Crippen LogP) is 0.482. The molecular weight excluding hydrogens is 400 g/mol. The fraction of sp³-hybridized carbons (Fsp3) is 0.263. The van der Waals surface area contributed by atoms with E-state index in [0.717, 1.165) is 14.0 Å². The summed E-state index contributed by atoms with van der Waals surface area (Å²) in [6, 6.07) is 3.97. The largest absolute Gasteiger partial charge is 0.370 e. The van der Waals surface area contributed by atoms with E-state index in [9.17, 15) is 18.4 Å². The van der Waals surface area contributed by atoms with E-state index in [0.29, 0.717) is 11.3 Å². The first-order chi connectivity index (χ1) is 14.3. The van der Waals surface area contributed by atoms with Crippen molar-refractivity contribution in [2.24, 2.45) is 0 Å². The van der Waals surface area contributed by atoms with Gasteiger partial charge in [0.2, 0.25) is 0 Å². The third kappa shape index (κ3) is 5.38. The lowest BCUT2D eigenvalue weighted by atomic mass is 9.95. The number of ether oxygens (including phenoxy) is 1. The van der Waals surface area contributed by atoms with E-state index in [-0.39, 0.29) is 5.56 Å². The zero-order chi connectivity index (χ0) is 22.1. The molecule has 4 N–H and O–H groups in total. The summed E-state index contributed by atoms with van der Waals surface area (Å²) in [5.74, 6) is 8.55. The van der Waals surface area contributed by atoms with Gasteiger partial charge in [-0.1, -0.05) is 5.92 Å². The second-order valence-corrected chi connectivity index (χ2v) is 6.00. The van der Waals surface area contributed by atoms with Crippen molar-refractivity contribution in [3.05, 3.63) is 47.3 Å². The monoisotopic (exact) mass is 417 g/mol. The molecule has 2 amide bonds. The number of benzene rings is 1. The van der Waals surface area contributed by atoms with E-state index in [1.54, 1.807) is 0 Å². The average Bonchev–Trinajstić information content (AvgIpc) is 3.27. The highest BCUT2D eigenvalue weighted by Crippen LogP contribution is 2.24. The molecule has 1 heterocycles. The molecule has 30 heavy (non-hydrogen) atoms. The van der Waals surface area contributed by atoms with Gasteiger partial charge in [-0.3, -0.25) is 14.8 Å². The normalized spacial score (nSPS) is 13.1. The van der Waals surface area contributed by atoms with Crippen LogP contribution in [0.3, 0.4) is 0 Å². The Morgan fingerprint density at radius 3 is 2.43 bits per heavy atom. The van der Waals surface area contributed by atoms with Crippen LogP contribution in [0.2, 0.25) is 0 Å². The van der Waals surface area contributed by atoms with Crippen molar-refractivity contribution in [1.29, 1.82) is 0 Å². The molecule has 11 heteroatoms. The maximum absolute atomic E-state index is 13.4. The summed E-state index contributed by atoms with van der Waals surface area (Å²) in [4.78, 5) is 24.3. The van der Waals surface area contributed by atoms with E-state index < -0.39 is 29.9 Å². The average molecular weight is 417 g/mol. The number of amides is 2. The van der Waals surface area contributed by atoms with Crippen molar-refractivity contribution in [2.75, 3.05) is 7.11 Å². The van der Waals surface area contributed by atoms with E-state index in [4.69, 9.17) is 9.94 Å². The summed E-state index contributed by atoms with van der Waals surface area (Å²) in [5.41, 5.74) is -0.0508. The standard InChI is InChI=1S/C19H17F2N5O4/c1-19(30-2,18(20)21)15(17(28)25-29)23-16(27)13-9-7-12(8-10-13)5-3-4-6-14-11-22-26-24-14/h7-11,15,18,29H,1-2H3,(H,23,27)(H,25,28)(H,22,24,26). The molecule has 1 aromatic heterocycles. The number of methoxy groups -OCH3 is 1. The number of nitrogens with zero attached hydrogens (tertiary/aromatic N) is 2. The molecule has 0 spiro atoms. The number of alkyl halides is 2. The van der Waals surface area contributed by atoms with Gasteiger partial charge in [-0.2, -0.15) is 10.3 Å². The molecule has 2 unspecified atom stereocenters. The summed E-state index contributed by atoms with van der Waals surface area (Å²) in [5, 5.41) is 20.8. The molecule has 0 aliphatic carbocycles. The van der Waals surface area contributed by atoms with E-state index >= 15 is 0 Å². The Hall–Kier alpha value is -3.80. The number of carbonyl (C=O) groups is 2. The van der Waals surface area contributed by atoms with Crippen LogP contribution in [0.4, 0.5) is 8.78 Å². The molecule has 0 aliphatic rings. The van der Waals surface area contributed by atoms with Crippen LogP contribution in [0.25, 0.3) is 0 Å². The van der Waals surface area contributed by atoms with Gasteiger partial charge in [0.25, 0.3) is 18.2 Å². The number of hydroxylamine groups is 1. The third-order valence-corrected chi connectivity index (χ3v) is 4.12. The van der Waals surface area contributed by atoms with Crippen molar-refractivity contribution in [2.45, 2.75) is 25.0 Å². The van der Waals surface area contributed by atoms with Gasteiger partial charge in [0.05, 0.1) is 6.20 Å². The molecule has 2 aromatic rings. The van der Waals surface area contributed by atoms with Crippen LogP contribution in [0.1, 0.15) is 28.5 Å². The number of rotatable bonds is 6. The molecule has 2 rings (SSSR count). The summed E-state index contributed by atoms with van der Waals surface area (Å²) < 4.78 is 31.5. The molecular formula is C19H17F2N5O4. The Morgan fingerprint density at radius 1 is 1.23 bits per heavy atom. The molecule has 2 atom stereocenters. The summed E-state index contributed by atoms with van der Waals surface area (Å²) in [6.07, 6.45) is -1.68. The van der Waals surface area contributed by atoms with Gasteiger partial charge in [-0.25, -0.2) is 14.3 Å². The van der Waals surface area contributed by atoms with Crippen LogP contribution in [0, 0.1) is 23.7 Å². The fourth-order valence-electron chi connectivity index (χ4n) is 2.25. The van der Waals surface area contributed by atoms with Gasteiger partial charge in [0, 0.05) is 18.2 Å². The minimum absolute atomic E-state index is 0.0812. The lowest BCUT2D eigenvalue weighted by Gasteiger charge is -2.34. The SMILES string of the molecule is COC(C)(C(F)F)C(NC(=O)c1ccc(C#CC#Cc2cn[nH]n2)cc1)C(=O)NO. The fourth-order valence-corrected chi connectivity index (χ4v) is 2.25. The molecule has 156 valence electrons. The van der Waals surface area contributed by atoms with Crippen LogP contribution in [0.5, 0.6) is 0 Å². The molecule has 0 saturated carbocycles. The van der Waals surface area contributed by atoms with Crippen molar-refractivity contribution in [3.8, 4) is 23.7 Å². The summed E-state index contributed by atoms with van der Waals surface area (Å²) in [7, 11) is 0.967. The van der Waals surface area contributed by atoms with E-state index in [2.05, 4.69) is 44.4 Å². The first kappa shape index (κ1) is 22.5. The van der Waals surface area contributed by atoms with Crippen LogP contribution < -0.4 is 10.8 Å². The number of carbonyl (C=O) groups excluding carboxylic acids is 2. The minimum Gasteiger partial charge on any atom is -0.370 e. The minimum atomic E-state index is -3.12. The van der Waals surface area contributed by atoms with Gasteiger partial charge < -0.3 is 10.1 Å². The Morgan fingerprint density at radius 2 is 1.90 bits per heavy atom. The number of hydrogen-bond donors (Lipinski definition) is 4. The van der Waals surface area contributed by atoms with Gasteiger partial charge >= 0.3 is 0 Å². The van der Waals surface area contributed by atoms with Crippen LogP contribution in [0.15, 0.2) is 30.5 Å². The molecule has 0 aliphatic heterocycles. The van der Waals surface area contributed by atoms with Crippen LogP contribution in [-0.2, 0) is 9.53 Å². The summed E-state index contributed by atoms with van der Waals surface area (Å²) in [6.45, 7) is 0.941. The second-order valence-electron chi connectivity index (χ2n) is 6.00. The maximum atomic E-state index is 13.4. The third-order valence-electron chi connectivity index (χ3n) is 4.12. The Kier molecular flexibility index (Phi) is 7.58. The topological polar surface area (TPSA) is 129 Å². The quantitative estimate of drug-likeness (QED) is 0.307. The first-order valence-electron chi connectivity index (χ1n) is 8.37. The molecule has 0 fully saturated rings. The Bertz CT molecular complexity index is 1000. The molecule has 0 bridgehead atoms. The van der Waals surface area contributed by atoms with Crippen LogP contribution in [-0.4, -0.2) is 57.6 Å². The van der Waals surface area contributed by atoms with E-state index in [1.807, 2.05) is 0 Å². The number of nitrogens with one attached hydrogen (secondary N) is 3. The number of H-pyrrole nitrogens is 1. The molecule has 0 saturated heterocycles. The van der Waals surface area contributed by atoms with Crippen LogP contribution >= 0.6 is 0 Å². The zero-order valence-electron chi connectivity index (χ0n) is 15.9. The van der Waals surface area contributed by atoms with Gasteiger partial charge in [-0.15, -0.1) is 5.10 Å². The number of hydrogen-bond acceptors (Lipinski definition) is 6. The molecule has 1 aromatic carbocycles. The van der Waals surface area contributed by atoms with Crippen molar-refractivity contribution < 1.29 is 28.3 Å². The Labute approximate surface area is 170 Å². The van der Waals surface area contributed by atoms with Crippen molar-refractivity contribution in [1.82, 2.24) is 26.2 Å². The number of aromatic amines is 1. The van der Waals surface area contributed by atoms with E-state index in [1.165, 1.54) is 35.9 Å². The van der Waals surface area contributed by atoms with Gasteiger partial charge in [0.1, 0.15) is 6.04 Å². The number of aromatic nitrogens is 3. The number of halogens is 2. The highest BCUT2D eigenvalue weighted by Gasteiger charge is 2.48. The highest BCUT2D eigenvalue weighted by molar-refractivity contribution is 5.97. The first-order valence-corrected chi connectivity index (χ1v) is 8.37. The summed E-state index contributed by atoms with van der Waals surface area (Å²) >= 11 is 0. The van der Waals surface area contributed by atoms with Crippen molar-refractivity contribution >= 4 is 11.8 Å². The lowest BCUT2D eigenvalue weighted by molar-refractivity contribution is -0.157. The molecule has 0 radical (unpaired) electrons. The Balaban J connectivity index is 2.13. The lowest BCUT2D eigenvalue weighted by Crippen LogP contribution is -2.62. The second kappa shape index (κ2) is 10.1. The predicted molar refractivity (Wildman–Crippen MR) is 99.2 cm³/mol. The highest BCUT2D eigenvalue weighted by atomic mass is 19.3. The van der Waals surface area contributed by atoms with Crippen molar-refractivity contribution in [3.63, 3.8) is 0 Å². The maximum Gasteiger partial charge on any atom is 0.269 e. The van der Waals surface area contributed by atoms with Gasteiger partial charge in [-0.05, 0) is 49.0 Å². The zero-order valence-corrected chi connectivity index (χ0v) is 15.9. The molecule has 9 nitrogen and oxygen atoms in total.